The third-order valence-electron chi connectivity index (χ3n) is 7.74. The predicted octanol–water partition coefficient (Wildman–Crippen LogP) is 4.19. The Morgan fingerprint density at radius 2 is 1.82 bits per heavy atom. The molecule has 40 heavy (non-hydrogen) atoms. The number of anilines is 2. The van der Waals surface area contributed by atoms with Crippen molar-refractivity contribution >= 4 is 34.8 Å². The first kappa shape index (κ1) is 25.7. The highest BCUT2D eigenvalue weighted by molar-refractivity contribution is 6.36. The quantitative estimate of drug-likeness (QED) is 0.338. The summed E-state index contributed by atoms with van der Waals surface area (Å²) < 4.78 is 1.93. The van der Waals surface area contributed by atoms with Crippen molar-refractivity contribution in [1.29, 1.82) is 0 Å². The smallest absolute Gasteiger partial charge is 0.289 e. The zero-order chi connectivity index (χ0) is 27.8. The maximum atomic E-state index is 12.9. The number of carbonyl (C=O) groups is 3. The second-order valence-corrected chi connectivity index (χ2v) is 10.5. The SMILES string of the molecule is CCC(=O)C(=O)N1CCC[C@@H](c2nc(-c3ccc(C(=O)Nc4cc(C5CC5)ccn4)cc3)c3c(N)nccn23)C1. The minimum Gasteiger partial charge on any atom is -0.382 e. The van der Waals surface area contributed by atoms with E-state index >= 15 is 0 Å². The van der Waals surface area contributed by atoms with E-state index in [1.54, 1.807) is 36.4 Å². The fourth-order valence-electron chi connectivity index (χ4n) is 5.43. The van der Waals surface area contributed by atoms with Gasteiger partial charge in [0.2, 0.25) is 5.78 Å². The van der Waals surface area contributed by atoms with E-state index in [2.05, 4.69) is 15.3 Å². The molecule has 2 fully saturated rings. The molecule has 1 saturated heterocycles. The van der Waals surface area contributed by atoms with Gasteiger partial charge in [0.05, 0.1) is 0 Å². The molecule has 0 spiro atoms. The number of nitrogens with two attached hydrogens (primary N) is 1. The third-order valence-corrected chi connectivity index (χ3v) is 7.74. The molecular weight excluding hydrogens is 506 g/mol. The zero-order valence-electron chi connectivity index (χ0n) is 22.3. The molecule has 1 atom stereocenters. The van der Waals surface area contributed by atoms with Crippen LogP contribution < -0.4 is 11.1 Å². The number of benzene rings is 1. The molecule has 1 aliphatic heterocycles. The van der Waals surface area contributed by atoms with Crippen LogP contribution >= 0.6 is 0 Å². The molecule has 0 bridgehead atoms. The van der Waals surface area contributed by atoms with Gasteiger partial charge < -0.3 is 16.0 Å². The number of piperidine rings is 1. The summed E-state index contributed by atoms with van der Waals surface area (Å²) in [7, 11) is 0. The monoisotopic (exact) mass is 537 g/mol. The highest BCUT2D eigenvalue weighted by Crippen LogP contribution is 2.40. The van der Waals surface area contributed by atoms with Crippen LogP contribution in [0, 0.1) is 0 Å². The Bertz CT molecular complexity index is 1610. The molecule has 4 aromatic rings. The Kier molecular flexibility index (Phi) is 6.75. The highest BCUT2D eigenvalue weighted by Gasteiger charge is 2.31. The molecule has 2 aliphatic rings. The van der Waals surface area contributed by atoms with Crippen LogP contribution in [0.25, 0.3) is 16.8 Å². The molecule has 4 heterocycles. The molecule has 10 heteroatoms. The average Bonchev–Trinajstić information content (AvgIpc) is 3.77. The van der Waals surface area contributed by atoms with Gasteiger partial charge in [-0.2, -0.15) is 0 Å². The van der Waals surface area contributed by atoms with Crippen LogP contribution in [0.15, 0.2) is 55.0 Å². The lowest BCUT2D eigenvalue weighted by molar-refractivity contribution is -0.145. The van der Waals surface area contributed by atoms with Crippen molar-refractivity contribution in [2.75, 3.05) is 24.1 Å². The van der Waals surface area contributed by atoms with E-state index in [1.807, 2.05) is 34.9 Å². The summed E-state index contributed by atoms with van der Waals surface area (Å²) in [5, 5.41) is 2.90. The summed E-state index contributed by atoms with van der Waals surface area (Å²) in [5.74, 6) is 1.12. The molecule has 1 aromatic carbocycles. The van der Waals surface area contributed by atoms with E-state index in [0.717, 1.165) is 24.2 Å². The number of Topliss-reactive ketones (excluding diaryl/α,β-unsaturated/α-hetero) is 1. The summed E-state index contributed by atoms with van der Waals surface area (Å²) in [4.78, 5) is 52.8. The number of likely N-dealkylation sites (tertiary alicyclic amines) is 1. The van der Waals surface area contributed by atoms with Crippen molar-refractivity contribution in [3.05, 3.63) is 71.9 Å². The lowest BCUT2D eigenvalue weighted by Crippen LogP contribution is -2.42. The molecule has 1 aliphatic carbocycles. The number of nitrogens with zero attached hydrogens (tertiary/aromatic N) is 5. The van der Waals surface area contributed by atoms with E-state index < -0.39 is 5.91 Å². The van der Waals surface area contributed by atoms with Crippen molar-refractivity contribution in [3.8, 4) is 11.3 Å². The van der Waals surface area contributed by atoms with Crippen molar-refractivity contribution in [2.24, 2.45) is 0 Å². The number of nitrogen functional groups attached to an aromatic ring is 1. The van der Waals surface area contributed by atoms with Gasteiger partial charge in [0.1, 0.15) is 28.7 Å². The van der Waals surface area contributed by atoms with Crippen LogP contribution in [0.2, 0.25) is 0 Å². The zero-order valence-corrected chi connectivity index (χ0v) is 22.3. The molecule has 3 N–H and O–H groups in total. The highest BCUT2D eigenvalue weighted by atomic mass is 16.2. The summed E-state index contributed by atoms with van der Waals surface area (Å²) in [5.41, 5.74) is 10.1. The van der Waals surface area contributed by atoms with Gasteiger partial charge in [-0.15, -0.1) is 0 Å². The first-order chi connectivity index (χ1) is 19.4. The molecule has 1 saturated carbocycles. The van der Waals surface area contributed by atoms with Gasteiger partial charge in [0.25, 0.3) is 11.8 Å². The molecule has 204 valence electrons. The average molecular weight is 538 g/mol. The number of nitrogens with one attached hydrogen (secondary N) is 1. The van der Waals surface area contributed by atoms with Gasteiger partial charge >= 0.3 is 0 Å². The standard InChI is InChI=1S/C30H31N7O3/c1-2-23(38)30(40)36-14-3-4-22(17-36)28-35-25(26-27(31)33-13-15-37(26)28)19-7-9-20(10-8-19)29(39)34-24-16-21(11-12-32-24)18-5-6-18/h7-13,15-16,18,22H,2-6,14,17H2,1H3,(H2,31,33)(H,32,34,39)/t22-/m1/s1. The van der Waals surface area contributed by atoms with Gasteiger partial charge in [-0.3, -0.25) is 18.8 Å². The van der Waals surface area contributed by atoms with Crippen LogP contribution in [0.1, 0.15) is 72.6 Å². The molecule has 2 amide bonds. The number of aromatic nitrogens is 4. The number of pyridine rings is 1. The van der Waals surface area contributed by atoms with Crippen molar-refractivity contribution < 1.29 is 14.4 Å². The lowest BCUT2D eigenvalue weighted by Gasteiger charge is -2.31. The second kappa shape index (κ2) is 10.5. The number of imidazole rings is 1. The van der Waals surface area contributed by atoms with Gasteiger partial charge in [-0.1, -0.05) is 19.1 Å². The first-order valence-corrected chi connectivity index (χ1v) is 13.7. The third kappa shape index (κ3) is 4.92. The van der Waals surface area contributed by atoms with Crippen molar-refractivity contribution in [1.82, 2.24) is 24.3 Å². The molecule has 6 rings (SSSR count). The normalized spacial score (nSPS) is 17.1. The summed E-state index contributed by atoms with van der Waals surface area (Å²) in [6, 6.07) is 11.1. The van der Waals surface area contributed by atoms with Crippen LogP contribution in [0.4, 0.5) is 11.6 Å². The van der Waals surface area contributed by atoms with Crippen LogP contribution in [-0.4, -0.2) is 54.9 Å². The predicted molar refractivity (Wildman–Crippen MR) is 151 cm³/mol. The van der Waals surface area contributed by atoms with Crippen LogP contribution in [0.5, 0.6) is 0 Å². The van der Waals surface area contributed by atoms with E-state index in [4.69, 9.17) is 10.7 Å². The summed E-state index contributed by atoms with van der Waals surface area (Å²) >= 11 is 0. The largest absolute Gasteiger partial charge is 0.382 e. The summed E-state index contributed by atoms with van der Waals surface area (Å²) in [6.07, 6.45) is 9.34. The van der Waals surface area contributed by atoms with Gasteiger partial charge in [-0.25, -0.2) is 15.0 Å². The number of hydrogen-bond acceptors (Lipinski definition) is 7. The number of hydrogen-bond donors (Lipinski definition) is 2. The number of amides is 2. The van der Waals surface area contributed by atoms with E-state index in [1.165, 1.54) is 18.4 Å². The van der Waals surface area contributed by atoms with E-state index in [-0.39, 0.29) is 24.0 Å². The van der Waals surface area contributed by atoms with Crippen molar-refractivity contribution in [2.45, 2.75) is 50.9 Å². The fourth-order valence-corrected chi connectivity index (χ4v) is 5.43. The minimum atomic E-state index is -0.433. The minimum absolute atomic E-state index is 0.0608. The number of rotatable bonds is 7. The van der Waals surface area contributed by atoms with E-state index in [9.17, 15) is 14.4 Å². The van der Waals surface area contributed by atoms with Crippen LogP contribution in [-0.2, 0) is 9.59 Å². The first-order valence-electron chi connectivity index (χ1n) is 13.7. The maximum Gasteiger partial charge on any atom is 0.289 e. The molecule has 0 unspecified atom stereocenters. The Hall–Kier alpha value is -4.60. The lowest BCUT2D eigenvalue weighted by atomic mass is 9.96. The number of carbonyl (C=O) groups excluding carboxylic acids is 3. The molecule has 3 aromatic heterocycles. The van der Waals surface area contributed by atoms with Gasteiger partial charge in [0.15, 0.2) is 0 Å². The van der Waals surface area contributed by atoms with E-state index in [0.29, 0.717) is 47.4 Å². The Balaban J connectivity index is 1.27. The molecule has 10 nitrogen and oxygen atoms in total. The fraction of sp³-hybridized carbons (Fsp3) is 0.333. The van der Waals surface area contributed by atoms with Crippen LogP contribution in [0.3, 0.4) is 0 Å². The Morgan fingerprint density at radius 3 is 2.58 bits per heavy atom. The molecular formula is C30H31N7O3. The maximum absolute atomic E-state index is 12.9. The van der Waals surface area contributed by atoms with Crippen molar-refractivity contribution in [3.63, 3.8) is 0 Å². The van der Waals surface area contributed by atoms with Gasteiger partial charge in [-0.05, 0) is 61.4 Å². The number of ketones is 1. The topological polar surface area (TPSA) is 136 Å². The second-order valence-electron chi connectivity index (χ2n) is 10.5. The van der Waals surface area contributed by atoms with Gasteiger partial charge in [0, 0.05) is 55.1 Å². The summed E-state index contributed by atoms with van der Waals surface area (Å²) in [6.45, 7) is 2.68. The Labute approximate surface area is 231 Å². The number of fused-ring (bicyclic) bond motifs is 1. The Morgan fingerprint density at radius 1 is 1.02 bits per heavy atom. The molecule has 0 radical (unpaired) electrons.